The Bertz CT molecular complexity index is 1480. The Morgan fingerprint density at radius 1 is 0.545 bits per heavy atom. The summed E-state index contributed by atoms with van der Waals surface area (Å²) in [6.45, 7) is 0. The number of hydrogen-bond acceptors (Lipinski definition) is 7. The van der Waals surface area contributed by atoms with E-state index < -0.39 is 0 Å². The van der Waals surface area contributed by atoms with Crippen LogP contribution in [-0.4, -0.2) is 9.97 Å². The molecule has 0 fully saturated rings. The van der Waals surface area contributed by atoms with E-state index in [2.05, 4.69) is 12.1 Å². The molecule has 0 atom stereocenters. The minimum Gasteiger partial charge on any atom is -0.453 e. The predicted molar refractivity (Wildman–Crippen MR) is 139 cm³/mol. The van der Waals surface area contributed by atoms with Crippen LogP contribution in [0, 0.1) is 0 Å². The molecular weight excluding hydrogens is 448 g/mol. The van der Waals surface area contributed by atoms with Crippen LogP contribution in [0.2, 0.25) is 0 Å². The number of aromatic nitrogens is 2. The normalized spacial score (nSPS) is 11.3. The van der Waals surface area contributed by atoms with Crippen LogP contribution in [0.1, 0.15) is 0 Å². The van der Waals surface area contributed by atoms with Crippen molar-refractivity contribution in [1.29, 1.82) is 0 Å². The highest BCUT2D eigenvalue weighted by molar-refractivity contribution is 7.22. The molecule has 2 heterocycles. The van der Waals surface area contributed by atoms with Gasteiger partial charge in [-0.25, -0.2) is 9.97 Å². The molecular formula is C26H18N4OS2. The monoisotopic (exact) mass is 466 g/mol. The largest absolute Gasteiger partial charge is 0.453 e. The van der Waals surface area contributed by atoms with Crippen LogP contribution in [0.5, 0.6) is 11.5 Å². The Kier molecular flexibility index (Phi) is 4.71. The highest BCUT2D eigenvalue weighted by atomic mass is 32.1. The number of nitrogens with zero attached hydrogens (tertiary/aromatic N) is 2. The topological polar surface area (TPSA) is 87.0 Å². The van der Waals surface area contributed by atoms with Crippen LogP contribution in [0.25, 0.3) is 41.6 Å². The molecule has 2 aromatic heterocycles. The van der Waals surface area contributed by atoms with Gasteiger partial charge in [-0.3, -0.25) is 0 Å². The molecule has 0 amide bonds. The molecule has 6 aromatic rings. The number of rotatable bonds is 4. The SMILES string of the molecule is Nc1ccc(-c2nc3c(Oc4cccc5sc(-c6ccc(N)cc6)nc45)cccc3s2)cc1. The second-order valence-corrected chi connectivity index (χ2v) is 9.65. The number of ether oxygens (including phenoxy) is 1. The van der Waals surface area contributed by atoms with Crippen LogP contribution in [0.15, 0.2) is 84.9 Å². The van der Waals surface area contributed by atoms with E-state index in [1.807, 2.05) is 72.8 Å². The summed E-state index contributed by atoms with van der Waals surface area (Å²) in [7, 11) is 0. The zero-order valence-corrected chi connectivity index (χ0v) is 19.0. The second-order valence-electron chi connectivity index (χ2n) is 7.59. The van der Waals surface area contributed by atoms with Crippen LogP contribution in [0.3, 0.4) is 0 Å². The zero-order chi connectivity index (χ0) is 22.4. The third kappa shape index (κ3) is 3.67. The van der Waals surface area contributed by atoms with Gasteiger partial charge in [0.1, 0.15) is 21.0 Å². The van der Waals surface area contributed by atoms with Crippen molar-refractivity contribution in [3.8, 4) is 32.6 Å². The van der Waals surface area contributed by atoms with Gasteiger partial charge in [0, 0.05) is 22.5 Å². The van der Waals surface area contributed by atoms with Crippen LogP contribution in [-0.2, 0) is 0 Å². The van der Waals surface area contributed by atoms with Crippen molar-refractivity contribution in [1.82, 2.24) is 9.97 Å². The van der Waals surface area contributed by atoms with E-state index in [9.17, 15) is 0 Å². The van der Waals surface area contributed by atoms with Gasteiger partial charge in [0.2, 0.25) is 0 Å². The lowest BCUT2D eigenvalue weighted by atomic mass is 10.2. The molecule has 5 nitrogen and oxygen atoms in total. The number of thiazole rings is 2. The fourth-order valence-electron chi connectivity index (χ4n) is 3.63. The third-order valence-corrected chi connectivity index (χ3v) is 7.44. The Labute approximate surface area is 197 Å². The summed E-state index contributed by atoms with van der Waals surface area (Å²) in [6.07, 6.45) is 0. The van der Waals surface area contributed by atoms with E-state index in [-0.39, 0.29) is 0 Å². The zero-order valence-electron chi connectivity index (χ0n) is 17.4. The number of benzene rings is 4. The van der Waals surface area contributed by atoms with Gasteiger partial charge in [0.25, 0.3) is 0 Å². The Hall–Kier alpha value is -3.94. The highest BCUT2D eigenvalue weighted by Crippen LogP contribution is 2.40. The average molecular weight is 467 g/mol. The lowest BCUT2D eigenvalue weighted by Gasteiger charge is -2.06. The molecule has 0 aliphatic carbocycles. The van der Waals surface area contributed by atoms with Crippen molar-refractivity contribution in [2.45, 2.75) is 0 Å². The number of para-hydroxylation sites is 2. The molecule has 7 heteroatoms. The molecule has 4 aromatic carbocycles. The van der Waals surface area contributed by atoms with E-state index in [0.717, 1.165) is 53.0 Å². The standard InChI is InChI=1S/C26H18N4OS2/c27-17-11-7-15(8-12-17)25-29-23-19(3-1-5-21(23)32-25)31-20-4-2-6-22-24(20)30-26(33-22)16-9-13-18(28)14-10-16/h1-14H,27-28H2. The number of nitrogen functional groups attached to an aromatic ring is 2. The maximum absolute atomic E-state index is 6.39. The summed E-state index contributed by atoms with van der Waals surface area (Å²) in [4.78, 5) is 9.75. The minimum atomic E-state index is 0.708. The number of hydrogen-bond donors (Lipinski definition) is 2. The summed E-state index contributed by atoms with van der Waals surface area (Å²) in [5.41, 5.74) is 16.9. The first-order chi connectivity index (χ1) is 16.1. The first-order valence-electron chi connectivity index (χ1n) is 10.3. The number of fused-ring (bicyclic) bond motifs is 2. The van der Waals surface area contributed by atoms with Crippen molar-refractivity contribution in [2.75, 3.05) is 11.5 Å². The Balaban J connectivity index is 1.40. The molecule has 4 N–H and O–H groups in total. The molecule has 0 unspecified atom stereocenters. The van der Waals surface area contributed by atoms with Crippen LogP contribution in [0.4, 0.5) is 11.4 Å². The molecule has 160 valence electrons. The molecule has 0 bridgehead atoms. The molecule has 33 heavy (non-hydrogen) atoms. The van der Waals surface area contributed by atoms with E-state index in [4.69, 9.17) is 26.2 Å². The van der Waals surface area contributed by atoms with Gasteiger partial charge >= 0.3 is 0 Å². The van der Waals surface area contributed by atoms with Gasteiger partial charge in [-0.15, -0.1) is 22.7 Å². The maximum atomic E-state index is 6.39. The van der Waals surface area contributed by atoms with E-state index in [1.165, 1.54) is 0 Å². The van der Waals surface area contributed by atoms with Gasteiger partial charge in [-0.05, 0) is 72.8 Å². The Morgan fingerprint density at radius 3 is 1.39 bits per heavy atom. The smallest absolute Gasteiger partial charge is 0.154 e. The third-order valence-electron chi connectivity index (χ3n) is 5.30. The van der Waals surface area contributed by atoms with Crippen LogP contribution >= 0.6 is 22.7 Å². The number of nitrogens with two attached hydrogens (primary N) is 2. The van der Waals surface area contributed by atoms with Crippen molar-refractivity contribution >= 4 is 54.5 Å². The molecule has 0 radical (unpaired) electrons. The maximum Gasteiger partial charge on any atom is 0.154 e. The molecule has 0 aliphatic rings. The molecule has 0 saturated carbocycles. The minimum absolute atomic E-state index is 0.708. The lowest BCUT2D eigenvalue weighted by Crippen LogP contribution is -1.88. The fraction of sp³-hybridized carbons (Fsp3) is 0. The summed E-state index contributed by atoms with van der Waals surface area (Å²) >= 11 is 3.26. The second kappa shape index (κ2) is 7.88. The van der Waals surface area contributed by atoms with Gasteiger partial charge in [0.15, 0.2) is 11.5 Å². The van der Waals surface area contributed by atoms with E-state index >= 15 is 0 Å². The summed E-state index contributed by atoms with van der Waals surface area (Å²) < 4.78 is 8.51. The average Bonchev–Trinajstić information content (AvgIpc) is 3.46. The predicted octanol–water partition coefficient (Wildman–Crippen LogP) is 7.20. The first-order valence-corrected chi connectivity index (χ1v) is 12.0. The molecule has 0 aliphatic heterocycles. The van der Waals surface area contributed by atoms with Gasteiger partial charge in [-0.1, -0.05) is 12.1 Å². The molecule has 6 rings (SSSR count). The highest BCUT2D eigenvalue weighted by Gasteiger charge is 2.15. The van der Waals surface area contributed by atoms with E-state index in [1.54, 1.807) is 22.7 Å². The quantitative estimate of drug-likeness (QED) is 0.268. The summed E-state index contributed by atoms with van der Waals surface area (Å²) in [5.74, 6) is 1.42. The van der Waals surface area contributed by atoms with Crippen molar-refractivity contribution in [3.63, 3.8) is 0 Å². The van der Waals surface area contributed by atoms with Gasteiger partial charge in [-0.2, -0.15) is 0 Å². The van der Waals surface area contributed by atoms with Crippen LogP contribution < -0.4 is 16.2 Å². The lowest BCUT2D eigenvalue weighted by molar-refractivity contribution is 0.492. The van der Waals surface area contributed by atoms with Gasteiger partial charge < -0.3 is 16.2 Å². The first kappa shape index (κ1) is 19.7. The summed E-state index contributed by atoms with van der Waals surface area (Å²) in [6, 6.07) is 27.5. The Morgan fingerprint density at radius 2 is 0.970 bits per heavy atom. The molecule has 0 spiro atoms. The van der Waals surface area contributed by atoms with Crippen molar-refractivity contribution in [2.24, 2.45) is 0 Å². The number of anilines is 2. The molecule has 0 saturated heterocycles. The fourth-order valence-corrected chi connectivity index (χ4v) is 5.61. The van der Waals surface area contributed by atoms with Crippen molar-refractivity contribution in [3.05, 3.63) is 84.9 Å². The van der Waals surface area contributed by atoms with Crippen molar-refractivity contribution < 1.29 is 4.74 Å². The van der Waals surface area contributed by atoms with Gasteiger partial charge in [0.05, 0.1) is 9.40 Å². The van der Waals surface area contributed by atoms with E-state index in [0.29, 0.717) is 11.5 Å². The summed E-state index contributed by atoms with van der Waals surface area (Å²) in [5, 5.41) is 1.86.